The lowest BCUT2D eigenvalue weighted by Crippen LogP contribution is -2.18. The predicted molar refractivity (Wildman–Crippen MR) is 70.1 cm³/mol. The van der Waals surface area contributed by atoms with Gasteiger partial charge in [-0.15, -0.1) is 0 Å². The zero-order valence-electron chi connectivity index (χ0n) is 11.0. The summed E-state index contributed by atoms with van der Waals surface area (Å²) in [6.45, 7) is 4.47. The average molecular weight is 248 g/mol. The zero-order chi connectivity index (χ0) is 13.0. The molecule has 2 atom stereocenters. The van der Waals surface area contributed by atoms with Crippen molar-refractivity contribution in [3.05, 3.63) is 29.8 Å². The van der Waals surface area contributed by atoms with Gasteiger partial charge in [0, 0.05) is 6.42 Å². The van der Waals surface area contributed by atoms with Crippen LogP contribution in [0.1, 0.15) is 43.5 Å². The van der Waals surface area contributed by atoms with Crippen LogP contribution in [0.5, 0.6) is 5.75 Å². The van der Waals surface area contributed by atoms with Crippen molar-refractivity contribution in [2.45, 2.75) is 45.3 Å². The minimum absolute atomic E-state index is 0.117. The van der Waals surface area contributed by atoms with E-state index in [1.54, 1.807) is 0 Å². The number of Topliss-reactive ketones (excluding diaryl/α,β-unsaturated/α-hetero) is 1. The summed E-state index contributed by atoms with van der Waals surface area (Å²) in [6.07, 6.45) is 3.10. The van der Waals surface area contributed by atoms with Gasteiger partial charge in [0.15, 0.2) is 5.78 Å². The second-order valence-corrected chi connectivity index (χ2v) is 4.73. The molecular weight excluding hydrogens is 228 g/mol. The van der Waals surface area contributed by atoms with Crippen LogP contribution < -0.4 is 4.74 Å². The Morgan fingerprint density at radius 3 is 2.83 bits per heavy atom. The molecule has 1 aromatic rings. The molecule has 2 unspecified atom stereocenters. The van der Waals surface area contributed by atoms with Gasteiger partial charge in [-0.05, 0) is 31.9 Å². The normalized spacial score (nSPS) is 23.0. The van der Waals surface area contributed by atoms with Crippen molar-refractivity contribution in [2.75, 3.05) is 6.61 Å². The minimum atomic E-state index is 0.117. The van der Waals surface area contributed by atoms with Crippen LogP contribution in [0.15, 0.2) is 24.3 Å². The Kier molecular flexibility index (Phi) is 4.37. The molecule has 1 heterocycles. The third-order valence-electron chi connectivity index (χ3n) is 3.25. The van der Waals surface area contributed by atoms with Crippen molar-refractivity contribution in [3.8, 4) is 5.75 Å². The van der Waals surface area contributed by atoms with E-state index in [-0.39, 0.29) is 11.9 Å². The first-order valence-corrected chi connectivity index (χ1v) is 6.61. The Hall–Kier alpha value is -1.35. The SMILES string of the molecule is CCC(=O)c1ccccc1OCC1CCC(C)O1. The van der Waals surface area contributed by atoms with E-state index in [1.165, 1.54) is 0 Å². The monoisotopic (exact) mass is 248 g/mol. The lowest BCUT2D eigenvalue weighted by atomic mass is 10.1. The van der Waals surface area contributed by atoms with Gasteiger partial charge in [0.25, 0.3) is 0 Å². The zero-order valence-corrected chi connectivity index (χ0v) is 11.0. The summed E-state index contributed by atoms with van der Waals surface area (Å²) < 4.78 is 11.4. The van der Waals surface area contributed by atoms with Crippen LogP contribution in [0, 0.1) is 0 Å². The highest BCUT2D eigenvalue weighted by Gasteiger charge is 2.22. The van der Waals surface area contributed by atoms with Crippen LogP contribution in [-0.4, -0.2) is 24.6 Å². The van der Waals surface area contributed by atoms with Crippen LogP contribution in [0.25, 0.3) is 0 Å². The molecule has 0 radical (unpaired) electrons. The second kappa shape index (κ2) is 6.01. The van der Waals surface area contributed by atoms with Crippen molar-refractivity contribution in [1.82, 2.24) is 0 Å². The summed E-state index contributed by atoms with van der Waals surface area (Å²) in [5, 5.41) is 0. The second-order valence-electron chi connectivity index (χ2n) is 4.73. The summed E-state index contributed by atoms with van der Waals surface area (Å²) in [5.41, 5.74) is 0.672. The summed E-state index contributed by atoms with van der Waals surface area (Å²) in [5.74, 6) is 0.791. The Bertz CT molecular complexity index is 414. The van der Waals surface area contributed by atoms with Crippen LogP contribution >= 0.6 is 0 Å². The van der Waals surface area contributed by atoms with Gasteiger partial charge >= 0.3 is 0 Å². The summed E-state index contributed by atoms with van der Waals surface area (Å²) in [6, 6.07) is 7.42. The van der Waals surface area contributed by atoms with Gasteiger partial charge in [-0.3, -0.25) is 4.79 Å². The summed E-state index contributed by atoms with van der Waals surface area (Å²) >= 11 is 0. The van der Waals surface area contributed by atoms with Gasteiger partial charge < -0.3 is 9.47 Å². The lowest BCUT2D eigenvalue weighted by molar-refractivity contribution is 0.0262. The van der Waals surface area contributed by atoms with Gasteiger partial charge in [0.1, 0.15) is 12.4 Å². The van der Waals surface area contributed by atoms with E-state index in [4.69, 9.17) is 9.47 Å². The fourth-order valence-corrected chi connectivity index (χ4v) is 2.20. The molecule has 1 aromatic carbocycles. The molecule has 3 heteroatoms. The number of rotatable bonds is 5. The molecule has 18 heavy (non-hydrogen) atoms. The van der Waals surface area contributed by atoms with Crippen molar-refractivity contribution in [3.63, 3.8) is 0 Å². The number of ether oxygens (including phenoxy) is 2. The molecule has 0 amide bonds. The molecule has 1 aliphatic heterocycles. The molecule has 1 saturated heterocycles. The maximum absolute atomic E-state index is 11.8. The van der Waals surface area contributed by atoms with E-state index in [2.05, 4.69) is 6.92 Å². The highest BCUT2D eigenvalue weighted by atomic mass is 16.5. The molecule has 0 bridgehead atoms. The fourth-order valence-electron chi connectivity index (χ4n) is 2.20. The Balaban J connectivity index is 1.98. The number of benzene rings is 1. The van der Waals surface area contributed by atoms with Crippen molar-refractivity contribution < 1.29 is 14.3 Å². The van der Waals surface area contributed by atoms with E-state index in [1.807, 2.05) is 31.2 Å². The standard InChI is InChI=1S/C15H20O3/c1-3-14(16)13-6-4-5-7-15(13)17-10-12-9-8-11(2)18-12/h4-7,11-12H,3,8-10H2,1-2H3. The van der Waals surface area contributed by atoms with Crippen LogP contribution in [0.3, 0.4) is 0 Å². The first-order chi connectivity index (χ1) is 8.70. The van der Waals surface area contributed by atoms with E-state index in [0.717, 1.165) is 12.8 Å². The number of para-hydroxylation sites is 1. The van der Waals surface area contributed by atoms with Gasteiger partial charge in [-0.1, -0.05) is 19.1 Å². The van der Waals surface area contributed by atoms with Crippen LogP contribution in [0.4, 0.5) is 0 Å². The molecule has 1 fully saturated rings. The first kappa shape index (κ1) is 13.1. The van der Waals surface area contributed by atoms with E-state index < -0.39 is 0 Å². The maximum Gasteiger partial charge on any atom is 0.166 e. The quantitative estimate of drug-likeness (QED) is 0.750. The molecule has 98 valence electrons. The smallest absolute Gasteiger partial charge is 0.166 e. The lowest BCUT2D eigenvalue weighted by Gasteiger charge is -2.14. The van der Waals surface area contributed by atoms with Crippen molar-refractivity contribution in [1.29, 1.82) is 0 Å². The Morgan fingerprint density at radius 1 is 1.39 bits per heavy atom. The molecule has 0 saturated carbocycles. The largest absolute Gasteiger partial charge is 0.490 e. The van der Waals surface area contributed by atoms with Gasteiger partial charge in [0.2, 0.25) is 0 Å². The number of carbonyl (C=O) groups excluding carboxylic acids is 1. The Morgan fingerprint density at radius 2 is 2.17 bits per heavy atom. The topological polar surface area (TPSA) is 35.5 Å². The summed E-state index contributed by atoms with van der Waals surface area (Å²) in [4.78, 5) is 11.8. The molecule has 1 aliphatic rings. The van der Waals surface area contributed by atoms with Crippen molar-refractivity contribution in [2.24, 2.45) is 0 Å². The highest BCUT2D eigenvalue weighted by Crippen LogP contribution is 2.23. The van der Waals surface area contributed by atoms with E-state index in [0.29, 0.717) is 30.4 Å². The minimum Gasteiger partial charge on any atom is -0.490 e. The maximum atomic E-state index is 11.8. The third-order valence-corrected chi connectivity index (χ3v) is 3.25. The number of ketones is 1. The van der Waals surface area contributed by atoms with Crippen LogP contribution in [0.2, 0.25) is 0 Å². The number of carbonyl (C=O) groups is 1. The van der Waals surface area contributed by atoms with E-state index >= 15 is 0 Å². The molecular formula is C15H20O3. The number of hydrogen-bond acceptors (Lipinski definition) is 3. The molecule has 2 rings (SSSR count). The van der Waals surface area contributed by atoms with Gasteiger partial charge in [0.05, 0.1) is 17.8 Å². The first-order valence-electron chi connectivity index (χ1n) is 6.61. The average Bonchev–Trinajstić information content (AvgIpc) is 2.81. The van der Waals surface area contributed by atoms with E-state index in [9.17, 15) is 4.79 Å². The molecule has 0 N–H and O–H groups in total. The van der Waals surface area contributed by atoms with Gasteiger partial charge in [-0.25, -0.2) is 0 Å². The van der Waals surface area contributed by atoms with Gasteiger partial charge in [-0.2, -0.15) is 0 Å². The predicted octanol–water partition coefficient (Wildman–Crippen LogP) is 3.23. The Labute approximate surface area is 108 Å². The van der Waals surface area contributed by atoms with Crippen molar-refractivity contribution >= 4 is 5.78 Å². The van der Waals surface area contributed by atoms with Crippen LogP contribution in [-0.2, 0) is 4.74 Å². The summed E-state index contributed by atoms with van der Waals surface area (Å²) in [7, 11) is 0. The third kappa shape index (κ3) is 3.10. The number of hydrogen-bond donors (Lipinski definition) is 0. The highest BCUT2D eigenvalue weighted by molar-refractivity contribution is 5.98. The molecule has 0 spiro atoms. The fraction of sp³-hybridized carbons (Fsp3) is 0.533. The molecule has 0 aromatic heterocycles. The molecule has 3 nitrogen and oxygen atoms in total. The molecule has 0 aliphatic carbocycles.